The first kappa shape index (κ1) is 32.5. The molecule has 3 amide bonds. The van der Waals surface area contributed by atoms with Crippen LogP contribution in [0.4, 0.5) is 19.7 Å². The van der Waals surface area contributed by atoms with Crippen LogP contribution in [-0.2, 0) is 33.6 Å². The normalized spacial score (nSPS) is 21.0. The van der Waals surface area contributed by atoms with Gasteiger partial charge < -0.3 is 14.2 Å². The second kappa shape index (κ2) is 13.8. The highest BCUT2D eigenvalue weighted by molar-refractivity contribution is 7.91. The Hall–Kier alpha value is -2.97. The van der Waals surface area contributed by atoms with Crippen LogP contribution in [0.2, 0.25) is 0 Å². The van der Waals surface area contributed by atoms with E-state index in [1.165, 1.54) is 24.0 Å². The van der Waals surface area contributed by atoms with Crippen LogP contribution in [0.15, 0.2) is 18.2 Å². The number of hydrogen-bond donors (Lipinski definition) is 1. The van der Waals surface area contributed by atoms with Crippen molar-refractivity contribution in [1.82, 2.24) is 9.74 Å². The molecule has 1 aromatic rings. The van der Waals surface area contributed by atoms with E-state index in [0.29, 0.717) is 29.7 Å². The summed E-state index contributed by atoms with van der Waals surface area (Å²) < 4.78 is 53.9. The molecule has 0 saturated carbocycles. The molecule has 2 aliphatic heterocycles. The molecule has 0 spiro atoms. The molecule has 1 N–H and O–H groups in total. The van der Waals surface area contributed by atoms with Crippen molar-refractivity contribution in [2.24, 2.45) is 5.92 Å². The van der Waals surface area contributed by atoms with Gasteiger partial charge in [0.15, 0.2) is 0 Å². The molecule has 2 heterocycles. The number of hydrogen-bond acceptors (Lipinski definition) is 10. The van der Waals surface area contributed by atoms with Crippen LogP contribution in [0.5, 0.6) is 0 Å². The third-order valence-electron chi connectivity index (χ3n) is 7.28. The Morgan fingerprint density at radius 2 is 1.88 bits per heavy atom. The molecule has 2 fully saturated rings. The van der Waals surface area contributed by atoms with Gasteiger partial charge in [0.05, 0.1) is 30.3 Å². The summed E-state index contributed by atoms with van der Waals surface area (Å²) in [4.78, 5) is 54.1. The van der Waals surface area contributed by atoms with Crippen LogP contribution in [0, 0.1) is 11.7 Å². The topological polar surface area (TPSA) is 149 Å². The van der Waals surface area contributed by atoms with E-state index in [9.17, 15) is 32.0 Å². The van der Waals surface area contributed by atoms with Gasteiger partial charge in [-0.3, -0.25) is 14.5 Å². The number of sulfone groups is 1. The Morgan fingerprint density at radius 3 is 2.44 bits per heavy atom. The van der Waals surface area contributed by atoms with Crippen LogP contribution in [0.3, 0.4) is 0 Å². The van der Waals surface area contributed by atoms with Crippen LogP contribution < -0.4 is 9.74 Å². The Morgan fingerprint density at radius 1 is 1.22 bits per heavy atom. The Bertz CT molecular complexity index is 1250. The van der Waals surface area contributed by atoms with Crippen molar-refractivity contribution in [2.75, 3.05) is 29.5 Å². The summed E-state index contributed by atoms with van der Waals surface area (Å²) in [6.45, 7) is 5.64. The van der Waals surface area contributed by atoms with E-state index in [2.05, 4.69) is 4.84 Å². The number of esters is 1. The number of benzene rings is 1. The van der Waals surface area contributed by atoms with E-state index in [0.717, 1.165) is 6.92 Å². The SMILES string of the molecule is CC[C@H](C)[C@H](NCl)C(=O)OC(C)OC(=O)N(C[C@H]1CN(c2ccc(C3CCS(=O)(=O)CC3)c(F)c2)C(=O)O1)C(C)=O. The third-order valence-corrected chi connectivity index (χ3v) is 9.23. The molecule has 0 radical (unpaired) electrons. The summed E-state index contributed by atoms with van der Waals surface area (Å²) >= 11 is 5.64. The summed E-state index contributed by atoms with van der Waals surface area (Å²) in [5, 5.41) is 0. The van der Waals surface area contributed by atoms with Crippen molar-refractivity contribution in [3.63, 3.8) is 0 Å². The number of cyclic esters (lactones) is 1. The number of anilines is 1. The average molecular weight is 620 g/mol. The number of imide groups is 1. The number of carbonyl (C=O) groups excluding carboxylic acids is 4. The van der Waals surface area contributed by atoms with Gasteiger partial charge in [0.25, 0.3) is 0 Å². The summed E-state index contributed by atoms with van der Waals surface area (Å²) in [7, 11) is -3.10. The molecule has 15 heteroatoms. The van der Waals surface area contributed by atoms with Crippen molar-refractivity contribution in [3.8, 4) is 0 Å². The predicted octanol–water partition coefficient (Wildman–Crippen LogP) is 3.48. The molecule has 2 aliphatic rings. The van der Waals surface area contributed by atoms with Gasteiger partial charge in [0.1, 0.15) is 27.8 Å². The number of amides is 3. The van der Waals surface area contributed by atoms with E-state index in [4.69, 9.17) is 26.0 Å². The standard InChI is InChI=1S/C26H35ClFN3O9S/c1-5-15(2)23(29-27)24(33)38-17(4)39-25(34)30(16(3)32)13-20-14-31(26(35)40-20)19-6-7-21(22(28)12-19)18-8-10-41(36,37)11-9-18/h6-7,12,15,17-18,20,23,29H,5,8-11,13-14H2,1-4H3/t15-,17?,20-,23-/m0/s1. The maximum atomic E-state index is 15.0. The lowest BCUT2D eigenvalue weighted by molar-refractivity contribution is -0.169. The molecule has 12 nitrogen and oxygen atoms in total. The lowest BCUT2D eigenvalue weighted by Crippen LogP contribution is -2.45. The second-order valence-electron chi connectivity index (χ2n) is 10.2. The summed E-state index contributed by atoms with van der Waals surface area (Å²) in [6.07, 6.45) is -2.93. The average Bonchev–Trinajstić information content (AvgIpc) is 3.27. The first-order valence-corrected chi connectivity index (χ1v) is 15.5. The number of halogens is 2. The first-order chi connectivity index (χ1) is 19.3. The van der Waals surface area contributed by atoms with Crippen molar-refractivity contribution >= 4 is 51.4 Å². The van der Waals surface area contributed by atoms with E-state index < -0.39 is 58.2 Å². The minimum atomic E-state index is -3.10. The minimum absolute atomic E-state index is 0.00150. The second-order valence-corrected chi connectivity index (χ2v) is 12.8. The number of nitrogens with zero attached hydrogens (tertiary/aromatic N) is 2. The fraction of sp³-hybridized carbons (Fsp3) is 0.615. The van der Waals surface area contributed by atoms with Gasteiger partial charge in [-0.1, -0.05) is 26.3 Å². The molecule has 2 saturated heterocycles. The van der Waals surface area contributed by atoms with Crippen molar-refractivity contribution in [3.05, 3.63) is 29.6 Å². The Kier molecular flexibility index (Phi) is 11.0. The maximum absolute atomic E-state index is 15.0. The molecule has 0 bridgehead atoms. The summed E-state index contributed by atoms with van der Waals surface area (Å²) in [6, 6.07) is 3.41. The van der Waals surface area contributed by atoms with Crippen LogP contribution in [0.1, 0.15) is 58.4 Å². The molecule has 4 atom stereocenters. The molecule has 41 heavy (non-hydrogen) atoms. The van der Waals surface area contributed by atoms with Crippen LogP contribution >= 0.6 is 11.8 Å². The summed E-state index contributed by atoms with van der Waals surface area (Å²) in [5.41, 5.74) is 0.591. The van der Waals surface area contributed by atoms with Gasteiger partial charge in [0, 0.05) is 13.8 Å². The zero-order valence-corrected chi connectivity index (χ0v) is 24.9. The van der Waals surface area contributed by atoms with Gasteiger partial charge in [-0.2, -0.15) is 0 Å². The zero-order valence-electron chi connectivity index (χ0n) is 23.3. The Balaban J connectivity index is 1.61. The zero-order chi connectivity index (χ0) is 30.5. The highest BCUT2D eigenvalue weighted by Gasteiger charge is 2.37. The van der Waals surface area contributed by atoms with E-state index in [1.807, 2.05) is 6.92 Å². The third kappa shape index (κ3) is 8.29. The molecule has 228 valence electrons. The monoisotopic (exact) mass is 619 g/mol. The highest BCUT2D eigenvalue weighted by Crippen LogP contribution is 2.33. The molecule has 3 rings (SSSR count). The number of ether oxygens (including phenoxy) is 3. The maximum Gasteiger partial charge on any atom is 0.419 e. The van der Waals surface area contributed by atoms with Gasteiger partial charge in [-0.25, -0.2) is 32.1 Å². The van der Waals surface area contributed by atoms with Crippen LogP contribution in [-0.4, -0.2) is 80.4 Å². The fourth-order valence-corrected chi connectivity index (χ4v) is 6.46. The van der Waals surface area contributed by atoms with E-state index >= 15 is 0 Å². The molecule has 0 aromatic heterocycles. The Labute approximate surface area is 243 Å². The summed E-state index contributed by atoms with van der Waals surface area (Å²) in [5.74, 6) is -2.41. The van der Waals surface area contributed by atoms with Crippen molar-refractivity contribution < 1.29 is 46.2 Å². The largest absolute Gasteiger partial charge is 0.442 e. The smallest absolute Gasteiger partial charge is 0.419 e. The van der Waals surface area contributed by atoms with E-state index in [1.54, 1.807) is 13.0 Å². The van der Waals surface area contributed by atoms with Gasteiger partial charge in [-0.15, -0.1) is 0 Å². The molecule has 1 aromatic carbocycles. The molecular formula is C26H35ClFN3O9S. The van der Waals surface area contributed by atoms with Crippen LogP contribution in [0.25, 0.3) is 0 Å². The number of carbonyl (C=O) groups is 4. The van der Waals surface area contributed by atoms with Crippen molar-refractivity contribution in [1.29, 1.82) is 0 Å². The molecular weight excluding hydrogens is 585 g/mol. The van der Waals surface area contributed by atoms with Gasteiger partial charge in [-0.05, 0) is 54.2 Å². The van der Waals surface area contributed by atoms with Crippen molar-refractivity contribution in [2.45, 2.75) is 71.3 Å². The number of nitrogens with one attached hydrogen (secondary N) is 1. The first-order valence-electron chi connectivity index (χ1n) is 13.3. The van der Waals surface area contributed by atoms with Gasteiger partial charge in [0.2, 0.25) is 12.2 Å². The quantitative estimate of drug-likeness (QED) is 0.234. The molecule has 0 aliphatic carbocycles. The van der Waals surface area contributed by atoms with Gasteiger partial charge >= 0.3 is 18.2 Å². The lowest BCUT2D eigenvalue weighted by Gasteiger charge is -2.25. The fourth-order valence-electron chi connectivity index (χ4n) is 4.67. The highest BCUT2D eigenvalue weighted by atomic mass is 35.5. The number of rotatable bonds is 10. The lowest BCUT2D eigenvalue weighted by atomic mass is 9.93. The predicted molar refractivity (Wildman–Crippen MR) is 146 cm³/mol. The minimum Gasteiger partial charge on any atom is -0.442 e. The molecule has 1 unspecified atom stereocenters. The van der Waals surface area contributed by atoms with E-state index in [-0.39, 0.29) is 42.1 Å².